The Morgan fingerprint density at radius 3 is 2.21 bits per heavy atom. The summed E-state index contributed by atoms with van der Waals surface area (Å²) in [5, 5.41) is 3.13. The van der Waals surface area contributed by atoms with Crippen LogP contribution in [-0.2, 0) is 4.74 Å². The molecule has 1 N–H and O–H groups in total. The lowest BCUT2D eigenvalue weighted by Gasteiger charge is -2.37. The van der Waals surface area contributed by atoms with E-state index in [1.807, 2.05) is 11.8 Å². The van der Waals surface area contributed by atoms with E-state index in [1.54, 1.807) is 4.90 Å². The summed E-state index contributed by atoms with van der Waals surface area (Å²) >= 11 is 0. The van der Waals surface area contributed by atoms with Crippen molar-refractivity contribution in [1.82, 2.24) is 20.0 Å². The number of ether oxygens (including phenoxy) is 1. The number of hydrogen-bond donors (Lipinski definition) is 1. The molecule has 0 unspecified atom stereocenters. The molecule has 0 radical (unpaired) electrons. The average Bonchev–Trinajstić information content (AvgIpc) is 2.56. The van der Waals surface area contributed by atoms with Crippen LogP contribution in [0, 0.1) is 5.92 Å². The molecule has 0 spiro atoms. The fourth-order valence-corrected chi connectivity index (χ4v) is 3.34. The molecule has 7 nitrogen and oxygen atoms in total. The van der Waals surface area contributed by atoms with Gasteiger partial charge in [0, 0.05) is 51.9 Å². The van der Waals surface area contributed by atoms with Gasteiger partial charge in [0.05, 0.1) is 6.61 Å². The van der Waals surface area contributed by atoms with Crippen molar-refractivity contribution in [3.8, 4) is 0 Å². The topological polar surface area (TPSA) is 65.1 Å². The van der Waals surface area contributed by atoms with Crippen LogP contribution in [0.4, 0.5) is 9.59 Å². The third-order valence-electron chi connectivity index (χ3n) is 4.63. The quantitative estimate of drug-likeness (QED) is 0.844. The molecule has 138 valence electrons. The van der Waals surface area contributed by atoms with Gasteiger partial charge in [-0.25, -0.2) is 9.59 Å². The fraction of sp³-hybridized carbons (Fsp3) is 0.882. The maximum absolute atomic E-state index is 12.4. The second-order valence-corrected chi connectivity index (χ2v) is 7.09. The van der Waals surface area contributed by atoms with Gasteiger partial charge in [-0.05, 0) is 25.7 Å². The van der Waals surface area contributed by atoms with E-state index in [0.29, 0.717) is 25.6 Å². The number of likely N-dealkylation sites (tertiary alicyclic amines) is 1. The number of rotatable bonds is 4. The Balaban J connectivity index is 1.68. The van der Waals surface area contributed by atoms with E-state index in [1.165, 1.54) is 0 Å². The first-order valence-electron chi connectivity index (χ1n) is 9.19. The van der Waals surface area contributed by atoms with Crippen molar-refractivity contribution in [2.24, 2.45) is 5.92 Å². The van der Waals surface area contributed by atoms with Crippen molar-refractivity contribution < 1.29 is 14.3 Å². The zero-order valence-electron chi connectivity index (χ0n) is 15.3. The average molecular weight is 340 g/mol. The first-order chi connectivity index (χ1) is 11.5. The number of piperidine rings is 1. The first-order valence-corrected chi connectivity index (χ1v) is 9.19. The third-order valence-corrected chi connectivity index (χ3v) is 4.63. The zero-order valence-corrected chi connectivity index (χ0v) is 15.3. The minimum Gasteiger partial charge on any atom is -0.450 e. The highest BCUT2D eigenvalue weighted by molar-refractivity contribution is 5.74. The number of amides is 3. The van der Waals surface area contributed by atoms with Crippen LogP contribution in [0.2, 0.25) is 0 Å². The summed E-state index contributed by atoms with van der Waals surface area (Å²) < 4.78 is 5.02. The van der Waals surface area contributed by atoms with Crippen LogP contribution in [0.25, 0.3) is 0 Å². The zero-order chi connectivity index (χ0) is 17.5. The van der Waals surface area contributed by atoms with Gasteiger partial charge >= 0.3 is 12.1 Å². The number of nitrogens with zero attached hydrogens (tertiary/aromatic N) is 3. The molecular formula is C17H32N4O3. The van der Waals surface area contributed by atoms with Gasteiger partial charge in [-0.15, -0.1) is 0 Å². The predicted molar refractivity (Wildman–Crippen MR) is 93.0 cm³/mol. The summed E-state index contributed by atoms with van der Waals surface area (Å²) in [6.07, 6.45) is 1.33. The third kappa shape index (κ3) is 5.54. The molecule has 24 heavy (non-hydrogen) atoms. The Morgan fingerprint density at radius 2 is 1.67 bits per heavy atom. The second-order valence-electron chi connectivity index (χ2n) is 7.09. The summed E-state index contributed by atoms with van der Waals surface area (Å²) in [5.74, 6) is 0.662. The van der Waals surface area contributed by atoms with E-state index in [0.717, 1.165) is 45.6 Å². The lowest BCUT2D eigenvalue weighted by atomic mass is 10.1. The van der Waals surface area contributed by atoms with Crippen molar-refractivity contribution in [2.45, 2.75) is 39.7 Å². The van der Waals surface area contributed by atoms with Gasteiger partial charge in [0.2, 0.25) is 0 Å². The Kier molecular flexibility index (Phi) is 7.15. The molecule has 7 heteroatoms. The minimum atomic E-state index is -0.247. The maximum atomic E-state index is 12.4. The number of carbonyl (C=O) groups is 2. The number of carbonyl (C=O) groups excluding carboxylic acids is 2. The monoisotopic (exact) mass is 340 g/mol. The summed E-state index contributed by atoms with van der Waals surface area (Å²) in [4.78, 5) is 30.1. The number of urea groups is 1. The van der Waals surface area contributed by atoms with E-state index in [2.05, 4.69) is 24.1 Å². The molecule has 3 amide bonds. The SMILES string of the molecule is CCOC(=O)N1CCC(NC(=O)N2CCN(CC(C)C)CC2)CC1. The van der Waals surface area contributed by atoms with Crippen molar-refractivity contribution in [3.05, 3.63) is 0 Å². The molecule has 2 saturated heterocycles. The van der Waals surface area contributed by atoms with Crippen molar-refractivity contribution >= 4 is 12.1 Å². The van der Waals surface area contributed by atoms with Crippen LogP contribution >= 0.6 is 0 Å². The smallest absolute Gasteiger partial charge is 0.409 e. The Bertz CT molecular complexity index is 414. The van der Waals surface area contributed by atoms with Gasteiger partial charge in [-0.2, -0.15) is 0 Å². The van der Waals surface area contributed by atoms with Gasteiger partial charge in [-0.3, -0.25) is 4.90 Å². The van der Waals surface area contributed by atoms with E-state index in [9.17, 15) is 9.59 Å². The lowest BCUT2D eigenvalue weighted by molar-refractivity contribution is 0.0938. The van der Waals surface area contributed by atoms with Gasteiger partial charge in [0.15, 0.2) is 0 Å². The standard InChI is InChI=1S/C17H32N4O3/c1-4-24-17(23)21-7-5-15(6-8-21)18-16(22)20-11-9-19(10-12-20)13-14(2)3/h14-15H,4-13H2,1-3H3,(H,18,22). The van der Waals surface area contributed by atoms with Crippen LogP contribution in [0.1, 0.15) is 33.6 Å². The minimum absolute atomic E-state index is 0.0359. The van der Waals surface area contributed by atoms with Crippen molar-refractivity contribution in [1.29, 1.82) is 0 Å². The molecule has 0 aromatic carbocycles. The molecule has 2 fully saturated rings. The summed E-state index contributed by atoms with van der Waals surface area (Å²) in [6, 6.07) is 0.186. The Morgan fingerprint density at radius 1 is 1.04 bits per heavy atom. The van der Waals surface area contributed by atoms with E-state index in [4.69, 9.17) is 4.74 Å². The largest absolute Gasteiger partial charge is 0.450 e. The molecule has 0 atom stereocenters. The molecular weight excluding hydrogens is 308 g/mol. The van der Waals surface area contributed by atoms with Gasteiger partial charge in [0.1, 0.15) is 0 Å². The Hall–Kier alpha value is -1.50. The number of piperazine rings is 1. The Labute approximate surface area is 145 Å². The van der Waals surface area contributed by atoms with Crippen molar-refractivity contribution in [2.75, 3.05) is 52.4 Å². The van der Waals surface area contributed by atoms with E-state index in [-0.39, 0.29) is 18.2 Å². The fourth-order valence-electron chi connectivity index (χ4n) is 3.34. The van der Waals surface area contributed by atoms with Gasteiger partial charge in [0.25, 0.3) is 0 Å². The molecule has 0 aromatic rings. The van der Waals surface area contributed by atoms with E-state index >= 15 is 0 Å². The molecule has 2 rings (SSSR count). The molecule has 2 aliphatic rings. The highest BCUT2D eigenvalue weighted by atomic mass is 16.6. The van der Waals surface area contributed by atoms with Crippen LogP contribution < -0.4 is 5.32 Å². The summed E-state index contributed by atoms with van der Waals surface area (Å²) in [7, 11) is 0. The molecule has 2 aliphatic heterocycles. The molecule has 0 saturated carbocycles. The first kappa shape index (κ1) is 18.8. The van der Waals surface area contributed by atoms with Crippen LogP contribution in [0.5, 0.6) is 0 Å². The number of nitrogens with one attached hydrogen (secondary N) is 1. The second kappa shape index (κ2) is 9.11. The highest BCUT2D eigenvalue weighted by Crippen LogP contribution is 2.13. The molecule has 0 aliphatic carbocycles. The lowest BCUT2D eigenvalue weighted by Crippen LogP contribution is -2.55. The predicted octanol–water partition coefficient (Wildman–Crippen LogP) is 1.59. The van der Waals surface area contributed by atoms with Gasteiger partial charge in [-0.1, -0.05) is 13.8 Å². The van der Waals surface area contributed by atoms with Crippen LogP contribution in [0.3, 0.4) is 0 Å². The highest BCUT2D eigenvalue weighted by Gasteiger charge is 2.27. The maximum Gasteiger partial charge on any atom is 0.409 e. The van der Waals surface area contributed by atoms with Crippen molar-refractivity contribution in [3.63, 3.8) is 0 Å². The molecule has 0 bridgehead atoms. The van der Waals surface area contributed by atoms with E-state index < -0.39 is 0 Å². The number of hydrogen-bond acceptors (Lipinski definition) is 4. The van der Waals surface area contributed by atoms with Crippen LogP contribution in [-0.4, -0.2) is 85.3 Å². The summed E-state index contributed by atoms with van der Waals surface area (Å²) in [5.41, 5.74) is 0. The van der Waals surface area contributed by atoms with Gasteiger partial charge < -0.3 is 19.9 Å². The van der Waals surface area contributed by atoms with Crippen LogP contribution in [0.15, 0.2) is 0 Å². The summed E-state index contributed by atoms with van der Waals surface area (Å²) in [6.45, 7) is 12.5. The molecule has 0 aromatic heterocycles. The molecule has 2 heterocycles. The normalized spacial score (nSPS) is 20.3.